The molecule has 5 heteroatoms. The average molecular weight is 242 g/mol. The quantitative estimate of drug-likeness (QED) is 0.577. The summed E-state index contributed by atoms with van der Waals surface area (Å²) >= 11 is 0. The summed E-state index contributed by atoms with van der Waals surface area (Å²) in [6, 6.07) is -0.0231. The van der Waals surface area contributed by atoms with Crippen LogP contribution < -0.4 is 5.32 Å². The topological polar surface area (TPSA) is 58.6 Å². The molecule has 1 heterocycles. The molecule has 1 rings (SSSR count). The Morgan fingerprint density at radius 1 is 1.29 bits per heavy atom. The number of piperidine rings is 1. The lowest BCUT2D eigenvalue weighted by Gasteiger charge is -2.29. The number of rotatable bonds is 4. The minimum atomic E-state index is -0.794. The van der Waals surface area contributed by atoms with Crippen LogP contribution in [0.1, 0.15) is 33.1 Å². The molecule has 0 spiro atoms. The first-order chi connectivity index (χ1) is 8.13. The van der Waals surface area contributed by atoms with E-state index in [1.54, 1.807) is 6.92 Å². The number of nitrogens with zero attached hydrogens (tertiary/aromatic N) is 1. The fraction of sp³-hybridized carbons (Fsp3) is 0.833. The van der Waals surface area contributed by atoms with Gasteiger partial charge in [-0.05, 0) is 39.8 Å². The Kier molecular flexibility index (Phi) is 5.97. The van der Waals surface area contributed by atoms with Crippen LogP contribution in [-0.2, 0) is 14.3 Å². The molecule has 1 atom stereocenters. The molecule has 1 aliphatic heterocycles. The van der Waals surface area contributed by atoms with Crippen LogP contribution in [0, 0.1) is 0 Å². The van der Waals surface area contributed by atoms with Crippen LogP contribution >= 0.6 is 0 Å². The number of carbonyl (C=O) groups is 2. The van der Waals surface area contributed by atoms with Gasteiger partial charge in [-0.25, -0.2) is 4.79 Å². The Hall–Kier alpha value is -1.10. The van der Waals surface area contributed by atoms with E-state index < -0.39 is 11.9 Å². The zero-order valence-corrected chi connectivity index (χ0v) is 10.7. The van der Waals surface area contributed by atoms with E-state index in [0.29, 0.717) is 0 Å². The van der Waals surface area contributed by atoms with Crippen LogP contribution in [0.4, 0.5) is 0 Å². The minimum Gasteiger partial charge on any atom is -0.459 e. The van der Waals surface area contributed by atoms with Gasteiger partial charge in [-0.15, -0.1) is 0 Å². The van der Waals surface area contributed by atoms with E-state index in [2.05, 4.69) is 15.0 Å². The summed E-state index contributed by atoms with van der Waals surface area (Å²) in [5.41, 5.74) is 0. The summed E-state index contributed by atoms with van der Waals surface area (Å²) in [5, 5.41) is 2.66. The summed E-state index contributed by atoms with van der Waals surface area (Å²) < 4.78 is 4.63. The van der Waals surface area contributed by atoms with Crippen molar-refractivity contribution in [1.29, 1.82) is 0 Å². The van der Waals surface area contributed by atoms with Crippen LogP contribution in [0.3, 0.4) is 0 Å². The van der Waals surface area contributed by atoms with Gasteiger partial charge in [-0.2, -0.15) is 0 Å². The van der Waals surface area contributed by atoms with Crippen molar-refractivity contribution in [2.45, 2.75) is 39.2 Å². The molecule has 1 fully saturated rings. The van der Waals surface area contributed by atoms with E-state index in [-0.39, 0.29) is 12.6 Å². The van der Waals surface area contributed by atoms with Crippen LogP contribution in [0.15, 0.2) is 0 Å². The van der Waals surface area contributed by atoms with Crippen molar-refractivity contribution < 1.29 is 14.3 Å². The number of nitrogens with one attached hydrogen (secondary N) is 1. The zero-order valence-electron chi connectivity index (χ0n) is 10.7. The molecular formula is C12H22N2O3. The summed E-state index contributed by atoms with van der Waals surface area (Å²) in [4.78, 5) is 24.8. The first-order valence-corrected chi connectivity index (χ1v) is 6.33. The summed E-state index contributed by atoms with van der Waals surface area (Å²) in [6.07, 6.45) is 3.73. The standard InChI is InChI=1S/C12H22N2O3/c1-3-17-12(16)11(15)13-10(2)9-14-7-5-4-6-8-14/h10H,3-9H2,1-2H3,(H,13,15). The van der Waals surface area contributed by atoms with Crippen molar-refractivity contribution in [2.24, 2.45) is 0 Å². The van der Waals surface area contributed by atoms with Crippen LogP contribution in [0.2, 0.25) is 0 Å². The van der Waals surface area contributed by atoms with Gasteiger partial charge in [0.2, 0.25) is 0 Å². The summed E-state index contributed by atoms with van der Waals surface area (Å²) in [6.45, 7) is 6.78. The highest BCUT2D eigenvalue weighted by Gasteiger charge is 2.19. The maximum Gasteiger partial charge on any atom is 0.396 e. The number of hydrogen-bond donors (Lipinski definition) is 1. The monoisotopic (exact) mass is 242 g/mol. The van der Waals surface area contributed by atoms with Crippen molar-refractivity contribution in [1.82, 2.24) is 10.2 Å². The van der Waals surface area contributed by atoms with Gasteiger partial charge in [0.25, 0.3) is 0 Å². The first kappa shape index (κ1) is 14.0. The third-order valence-corrected chi connectivity index (χ3v) is 2.82. The van der Waals surface area contributed by atoms with E-state index in [9.17, 15) is 9.59 Å². The normalized spacial score (nSPS) is 18.5. The Balaban J connectivity index is 2.25. The van der Waals surface area contributed by atoms with E-state index in [1.807, 2.05) is 6.92 Å². The van der Waals surface area contributed by atoms with Crippen LogP contribution in [0.25, 0.3) is 0 Å². The summed E-state index contributed by atoms with van der Waals surface area (Å²) in [7, 11) is 0. The molecule has 1 amide bonds. The van der Waals surface area contributed by atoms with Crippen molar-refractivity contribution >= 4 is 11.9 Å². The van der Waals surface area contributed by atoms with Gasteiger partial charge in [-0.1, -0.05) is 6.42 Å². The van der Waals surface area contributed by atoms with Gasteiger partial charge in [0, 0.05) is 12.6 Å². The Morgan fingerprint density at radius 2 is 1.94 bits per heavy atom. The van der Waals surface area contributed by atoms with Gasteiger partial charge in [0.05, 0.1) is 6.61 Å². The molecule has 1 N–H and O–H groups in total. The van der Waals surface area contributed by atoms with Crippen molar-refractivity contribution in [3.8, 4) is 0 Å². The molecular weight excluding hydrogens is 220 g/mol. The van der Waals surface area contributed by atoms with E-state index in [0.717, 1.165) is 19.6 Å². The predicted octanol–water partition coefficient (Wildman–Crippen LogP) is 0.540. The first-order valence-electron chi connectivity index (χ1n) is 6.33. The van der Waals surface area contributed by atoms with Gasteiger partial charge >= 0.3 is 11.9 Å². The fourth-order valence-corrected chi connectivity index (χ4v) is 2.05. The van der Waals surface area contributed by atoms with Crippen molar-refractivity contribution in [3.63, 3.8) is 0 Å². The summed E-state index contributed by atoms with van der Waals surface area (Å²) in [5.74, 6) is -1.44. The molecule has 0 aromatic rings. The zero-order chi connectivity index (χ0) is 12.7. The highest BCUT2D eigenvalue weighted by atomic mass is 16.5. The number of hydrogen-bond acceptors (Lipinski definition) is 4. The SMILES string of the molecule is CCOC(=O)C(=O)NC(C)CN1CCCCC1. The number of esters is 1. The Morgan fingerprint density at radius 3 is 2.53 bits per heavy atom. The molecule has 0 radical (unpaired) electrons. The molecule has 0 aromatic heterocycles. The maximum absolute atomic E-state index is 11.4. The predicted molar refractivity (Wildman–Crippen MR) is 64.5 cm³/mol. The molecule has 1 unspecified atom stereocenters. The van der Waals surface area contributed by atoms with E-state index in [1.165, 1.54) is 19.3 Å². The molecule has 1 aliphatic rings. The Bertz CT molecular complexity index is 262. The smallest absolute Gasteiger partial charge is 0.396 e. The van der Waals surface area contributed by atoms with Gasteiger partial charge in [0.1, 0.15) is 0 Å². The number of amides is 1. The minimum absolute atomic E-state index is 0.0231. The second-order valence-corrected chi connectivity index (χ2v) is 4.46. The van der Waals surface area contributed by atoms with Gasteiger partial charge < -0.3 is 15.0 Å². The highest BCUT2D eigenvalue weighted by molar-refractivity contribution is 6.32. The van der Waals surface area contributed by atoms with E-state index >= 15 is 0 Å². The van der Waals surface area contributed by atoms with Gasteiger partial charge in [-0.3, -0.25) is 4.79 Å². The van der Waals surface area contributed by atoms with Crippen molar-refractivity contribution in [3.05, 3.63) is 0 Å². The third-order valence-electron chi connectivity index (χ3n) is 2.82. The molecule has 1 saturated heterocycles. The lowest BCUT2D eigenvalue weighted by Crippen LogP contribution is -2.46. The number of likely N-dealkylation sites (tertiary alicyclic amines) is 1. The molecule has 0 aliphatic carbocycles. The lowest BCUT2D eigenvalue weighted by atomic mass is 10.1. The van der Waals surface area contributed by atoms with Gasteiger partial charge in [0.15, 0.2) is 0 Å². The Labute approximate surface area is 102 Å². The van der Waals surface area contributed by atoms with Crippen LogP contribution in [0.5, 0.6) is 0 Å². The molecule has 0 saturated carbocycles. The van der Waals surface area contributed by atoms with Crippen molar-refractivity contribution in [2.75, 3.05) is 26.2 Å². The lowest BCUT2D eigenvalue weighted by molar-refractivity contribution is -0.154. The molecule has 5 nitrogen and oxygen atoms in total. The molecule has 17 heavy (non-hydrogen) atoms. The number of carbonyl (C=O) groups excluding carboxylic acids is 2. The average Bonchev–Trinajstić information content (AvgIpc) is 2.30. The largest absolute Gasteiger partial charge is 0.459 e. The molecule has 98 valence electrons. The molecule has 0 aromatic carbocycles. The molecule has 0 bridgehead atoms. The highest BCUT2D eigenvalue weighted by Crippen LogP contribution is 2.08. The second kappa shape index (κ2) is 7.27. The number of ether oxygens (including phenoxy) is 1. The third kappa shape index (κ3) is 5.17. The van der Waals surface area contributed by atoms with Crippen LogP contribution in [-0.4, -0.2) is 49.1 Å². The fourth-order valence-electron chi connectivity index (χ4n) is 2.05. The second-order valence-electron chi connectivity index (χ2n) is 4.46. The maximum atomic E-state index is 11.4. The van der Waals surface area contributed by atoms with E-state index in [4.69, 9.17) is 0 Å².